The molecule has 1 saturated carbocycles. The third-order valence-corrected chi connectivity index (χ3v) is 3.43. The molecule has 1 fully saturated rings. The maximum absolute atomic E-state index is 12.3. The Hall–Kier alpha value is -0.160. The van der Waals surface area contributed by atoms with Crippen LogP contribution in [0.1, 0.15) is 32.1 Å². The van der Waals surface area contributed by atoms with E-state index in [0.717, 1.165) is 25.7 Å². The average molecular weight is 209 g/mol. The summed E-state index contributed by atoms with van der Waals surface area (Å²) in [6.45, 7) is 0. The largest absolute Gasteiger partial charge is 0.326 e. The quantitative estimate of drug-likeness (QED) is 0.710. The predicted octanol–water partition coefficient (Wildman–Crippen LogP) is 1.19. The first kappa shape index (κ1) is 10.9. The summed E-state index contributed by atoms with van der Waals surface area (Å²) in [5.41, 5.74) is 5.62. The second-order valence-electron chi connectivity index (χ2n) is 3.77. The monoisotopic (exact) mass is 209 g/mol. The smallest absolute Gasteiger partial charge is 0.303 e. The fraction of sp³-hybridized carbons (Fsp3) is 1.00. The van der Waals surface area contributed by atoms with Crippen LogP contribution >= 0.6 is 0 Å². The van der Waals surface area contributed by atoms with Crippen LogP contribution in [0.5, 0.6) is 0 Å². The van der Waals surface area contributed by atoms with E-state index < -0.39 is 22.0 Å². The van der Waals surface area contributed by atoms with Gasteiger partial charge >= 0.3 is 10.2 Å². The normalized spacial score (nSPS) is 22.9. The van der Waals surface area contributed by atoms with E-state index >= 15 is 0 Å². The lowest BCUT2D eigenvalue weighted by atomic mass is 9.85. The Morgan fingerprint density at radius 3 is 2.31 bits per heavy atom. The first-order valence-electron chi connectivity index (χ1n) is 4.67. The van der Waals surface area contributed by atoms with Gasteiger partial charge in [-0.25, -0.2) is 0 Å². The fourth-order valence-corrected chi connectivity index (χ4v) is 2.66. The highest BCUT2D eigenvalue weighted by Crippen LogP contribution is 2.26. The Morgan fingerprint density at radius 1 is 1.31 bits per heavy atom. The summed E-state index contributed by atoms with van der Waals surface area (Å²) in [6, 6.07) is -0.518. The molecule has 5 heteroatoms. The van der Waals surface area contributed by atoms with Gasteiger partial charge in [-0.1, -0.05) is 19.3 Å². The van der Waals surface area contributed by atoms with Crippen LogP contribution in [-0.2, 0) is 10.2 Å². The van der Waals surface area contributed by atoms with Gasteiger partial charge in [0.1, 0.15) is 0 Å². The summed E-state index contributed by atoms with van der Waals surface area (Å²) < 4.78 is 33.0. The first-order chi connectivity index (χ1) is 5.99. The van der Waals surface area contributed by atoms with E-state index in [4.69, 9.17) is 5.73 Å². The zero-order valence-corrected chi connectivity index (χ0v) is 8.39. The maximum atomic E-state index is 12.3. The van der Waals surface area contributed by atoms with Crippen LogP contribution in [0.15, 0.2) is 0 Å². The van der Waals surface area contributed by atoms with Crippen molar-refractivity contribution in [2.45, 2.75) is 38.1 Å². The van der Waals surface area contributed by atoms with Gasteiger partial charge in [0.25, 0.3) is 0 Å². The van der Waals surface area contributed by atoms with Crippen LogP contribution < -0.4 is 5.73 Å². The number of hydrogen-bond acceptors (Lipinski definition) is 3. The van der Waals surface area contributed by atoms with Gasteiger partial charge in [0, 0.05) is 6.04 Å². The highest BCUT2D eigenvalue weighted by Gasteiger charge is 2.24. The predicted molar refractivity (Wildman–Crippen MR) is 49.4 cm³/mol. The summed E-state index contributed by atoms with van der Waals surface area (Å²) in [4.78, 5) is 0. The summed E-state index contributed by atoms with van der Waals surface area (Å²) >= 11 is 0. The molecule has 0 aliphatic heterocycles. The molecule has 1 aliphatic carbocycles. The van der Waals surface area contributed by atoms with Crippen molar-refractivity contribution in [3.8, 4) is 0 Å². The Kier molecular flexibility index (Phi) is 3.67. The average Bonchev–Trinajstić information content (AvgIpc) is 2.03. The summed E-state index contributed by atoms with van der Waals surface area (Å²) in [7, 11) is -4.40. The fourth-order valence-electron chi connectivity index (χ4n) is 1.93. The van der Waals surface area contributed by atoms with Gasteiger partial charge in [-0.2, -0.15) is 8.42 Å². The molecule has 0 radical (unpaired) electrons. The SMILES string of the molecule is NC(CS(=O)(=O)F)C1CCCCC1. The molecule has 0 heterocycles. The zero-order chi connectivity index (χ0) is 9.90. The van der Waals surface area contributed by atoms with Crippen LogP contribution in [0.25, 0.3) is 0 Å². The van der Waals surface area contributed by atoms with E-state index in [0.29, 0.717) is 0 Å². The van der Waals surface area contributed by atoms with Crippen LogP contribution in [-0.4, -0.2) is 20.2 Å². The van der Waals surface area contributed by atoms with Gasteiger partial charge in [0.15, 0.2) is 0 Å². The Morgan fingerprint density at radius 2 is 1.85 bits per heavy atom. The van der Waals surface area contributed by atoms with Gasteiger partial charge < -0.3 is 5.73 Å². The number of nitrogens with two attached hydrogens (primary N) is 1. The highest BCUT2D eigenvalue weighted by atomic mass is 32.3. The number of hydrogen-bond donors (Lipinski definition) is 1. The molecule has 0 aromatic rings. The minimum Gasteiger partial charge on any atom is -0.326 e. The second kappa shape index (κ2) is 4.37. The van der Waals surface area contributed by atoms with Crippen LogP contribution in [0.2, 0.25) is 0 Å². The maximum Gasteiger partial charge on any atom is 0.303 e. The van der Waals surface area contributed by atoms with Crippen molar-refractivity contribution in [1.29, 1.82) is 0 Å². The molecule has 78 valence electrons. The molecule has 0 amide bonds. The van der Waals surface area contributed by atoms with E-state index in [-0.39, 0.29) is 5.92 Å². The Balaban J connectivity index is 2.42. The van der Waals surface area contributed by atoms with Gasteiger partial charge in [-0.15, -0.1) is 3.89 Å². The van der Waals surface area contributed by atoms with E-state index in [1.54, 1.807) is 0 Å². The van der Waals surface area contributed by atoms with Crippen LogP contribution in [0.4, 0.5) is 3.89 Å². The van der Waals surface area contributed by atoms with E-state index in [1.165, 1.54) is 6.42 Å². The van der Waals surface area contributed by atoms with Crippen LogP contribution in [0, 0.1) is 5.92 Å². The molecule has 1 atom stereocenters. The third-order valence-electron chi connectivity index (χ3n) is 2.65. The molecular weight excluding hydrogens is 193 g/mol. The summed E-state index contributed by atoms with van der Waals surface area (Å²) in [5.74, 6) is -0.322. The topological polar surface area (TPSA) is 60.2 Å². The lowest BCUT2D eigenvalue weighted by Crippen LogP contribution is -2.36. The van der Waals surface area contributed by atoms with Crippen molar-refractivity contribution in [2.75, 3.05) is 5.75 Å². The van der Waals surface area contributed by atoms with E-state index in [2.05, 4.69) is 0 Å². The van der Waals surface area contributed by atoms with E-state index in [9.17, 15) is 12.3 Å². The minimum atomic E-state index is -4.40. The van der Waals surface area contributed by atoms with Gasteiger partial charge in [0.2, 0.25) is 0 Å². The molecule has 0 spiro atoms. The molecule has 0 bridgehead atoms. The van der Waals surface area contributed by atoms with Crippen molar-refractivity contribution >= 4 is 10.2 Å². The minimum absolute atomic E-state index is 0.194. The van der Waals surface area contributed by atoms with Crippen molar-refractivity contribution in [3.05, 3.63) is 0 Å². The molecule has 3 nitrogen and oxygen atoms in total. The molecule has 1 rings (SSSR count). The molecular formula is C8H16FNO2S. The zero-order valence-electron chi connectivity index (χ0n) is 7.58. The molecule has 0 aromatic heterocycles. The van der Waals surface area contributed by atoms with Crippen molar-refractivity contribution in [1.82, 2.24) is 0 Å². The lowest BCUT2D eigenvalue weighted by molar-refractivity contribution is 0.316. The molecule has 0 saturated heterocycles. The molecule has 2 N–H and O–H groups in total. The molecule has 1 unspecified atom stereocenters. The van der Waals surface area contributed by atoms with Crippen molar-refractivity contribution in [3.63, 3.8) is 0 Å². The summed E-state index contributed by atoms with van der Waals surface area (Å²) in [6.07, 6.45) is 5.24. The Bertz CT molecular complexity index is 247. The van der Waals surface area contributed by atoms with Gasteiger partial charge in [-0.05, 0) is 18.8 Å². The molecule has 13 heavy (non-hydrogen) atoms. The van der Waals surface area contributed by atoms with Crippen molar-refractivity contribution in [2.24, 2.45) is 11.7 Å². The van der Waals surface area contributed by atoms with Crippen molar-refractivity contribution < 1.29 is 12.3 Å². The molecule has 0 aromatic carbocycles. The summed E-state index contributed by atoms with van der Waals surface area (Å²) in [5, 5.41) is 0. The number of halogens is 1. The first-order valence-corrected chi connectivity index (χ1v) is 6.22. The van der Waals surface area contributed by atoms with Gasteiger partial charge in [0.05, 0.1) is 5.75 Å². The van der Waals surface area contributed by atoms with Gasteiger partial charge in [-0.3, -0.25) is 0 Å². The number of rotatable bonds is 3. The lowest BCUT2D eigenvalue weighted by Gasteiger charge is -2.26. The van der Waals surface area contributed by atoms with E-state index in [1.807, 2.05) is 0 Å². The van der Waals surface area contributed by atoms with Crippen LogP contribution in [0.3, 0.4) is 0 Å². The molecule has 1 aliphatic rings. The highest BCUT2D eigenvalue weighted by molar-refractivity contribution is 7.86. The second-order valence-corrected chi connectivity index (χ2v) is 5.18. The Labute approximate surface area is 78.7 Å². The standard InChI is InChI=1S/C8H16FNO2S/c9-13(11,12)6-8(10)7-4-2-1-3-5-7/h7-8H,1-6,10H2. The third kappa shape index (κ3) is 4.04.